The zero-order valence-corrected chi connectivity index (χ0v) is 28.4. The molecule has 1 N–H and O–H groups in total. The van der Waals surface area contributed by atoms with Crippen LogP contribution in [0, 0.1) is 5.92 Å². The molecule has 2 saturated heterocycles. The van der Waals surface area contributed by atoms with Crippen molar-refractivity contribution in [3.8, 4) is 0 Å². The highest BCUT2D eigenvalue weighted by atomic mass is 16.7. The molecule has 1 aliphatic carbocycles. The van der Waals surface area contributed by atoms with E-state index in [1.807, 2.05) is 11.1 Å². The lowest BCUT2D eigenvalue weighted by Gasteiger charge is -2.40. The summed E-state index contributed by atoms with van der Waals surface area (Å²) in [5.74, 6) is 0.856. The largest absolute Gasteiger partial charge is 0.496 e. The third-order valence-electron chi connectivity index (χ3n) is 10.4. The number of nitrogens with zero attached hydrogens (tertiary/aromatic N) is 3. The lowest BCUT2D eigenvalue weighted by molar-refractivity contribution is -0.124. The van der Waals surface area contributed by atoms with Crippen LogP contribution in [0.2, 0.25) is 0 Å². The van der Waals surface area contributed by atoms with E-state index in [4.69, 9.17) is 23.8 Å². The van der Waals surface area contributed by atoms with Crippen LogP contribution in [0.25, 0.3) is 0 Å². The standard InChI is InChI=1S/C35H51BN4O5/c1-9-28-20-39(23(4)21-42-28)27-12-15-30-31(17-27)40(33(41)24-10-13-29(14-11-24)43-22(2)3)19-25-16-26(18-37-32(25)38-30)36-44-34(5,6)35(7,8)45-36/h12,15-18,22-24,28-29H,9-11,13-14,19-21H2,1-8H3,(H,37,38)/t23-,24-,28-,29-/m0/s1. The second-order valence-corrected chi connectivity index (χ2v) is 14.6. The van der Waals surface area contributed by atoms with Gasteiger partial charge in [-0.15, -0.1) is 0 Å². The van der Waals surface area contributed by atoms with Crippen molar-refractivity contribution in [2.75, 3.05) is 28.3 Å². The van der Waals surface area contributed by atoms with E-state index in [1.165, 1.54) is 0 Å². The van der Waals surface area contributed by atoms with E-state index < -0.39 is 18.3 Å². The molecular weight excluding hydrogens is 567 g/mol. The summed E-state index contributed by atoms with van der Waals surface area (Å²) in [7, 11) is -0.528. The number of rotatable bonds is 6. The van der Waals surface area contributed by atoms with Gasteiger partial charge in [0.1, 0.15) is 5.82 Å². The molecule has 3 aliphatic heterocycles. The van der Waals surface area contributed by atoms with E-state index >= 15 is 0 Å². The van der Waals surface area contributed by atoms with Crippen LogP contribution in [0.5, 0.6) is 0 Å². The summed E-state index contributed by atoms with van der Waals surface area (Å²) in [5.41, 5.74) is 3.76. The van der Waals surface area contributed by atoms with Gasteiger partial charge in [-0.1, -0.05) is 13.0 Å². The Labute approximate surface area is 269 Å². The average Bonchev–Trinajstić information content (AvgIpc) is 3.12. The number of carbonyl (C=O) groups is 1. The minimum atomic E-state index is -0.528. The molecule has 1 aromatic carbocycles. The minimum Gasteiger partial charge on any atom is -0.399 e. The lowest BCUT2D eigenvalue weighted by atomic mass is 9.79. The molecule has 6 rings (SSSR count). The topological polar surface area (TPSA) is 85.4 Å². The van der Waals surface area contributed by atoms with Crippen molar-refractivity contribution in [2.24, 2.45) is 5.92 Å². The first-order valence-corrected chi connectivity index (χ1v) is 17.0. The van der Waals surface area contributed by atoms with Gasteiger partial charge in [-0.3, -0.25) is 4.79 Å². The van der Waals surface area contributed by atoms with E-state index in [2.05, 4.69) is 89.9 Å². The van der Waals surface area contributed by atoms with Crippen LogP contribution < -0.4 is 20.6 Å². The number of aromatic nitrogens is 1. The molecule has 0 bridgehead atoms. The van der Waals surface area contributed by atoms with Crippen molar-refractivity contribution >= 4 is 41.4 Å². The van der Waals surface area contributed by atoms with Gasteiger partial charge in [-0.2, -0.15) is 0 Å². The van der Waals surface area contributed by atoms with Crippen molar-refractivity contribution in [1.82, 2.24) is 4.98 Å². The molecule has 9 nitrogen and oxygen atoms in total. The van der Waals surface area contributed by atoms with Crippen LogP contribution in [0.4, 0.5) is 22.9 Å². The van der Waals surface area contributed by atoms with Crippen molar-refractivity contribution in [3.05, 3.63) is 36.0 Å². The van der Waals surface area contributed by atoms with Crippen molar-refractivity contribution in [3.63, 3.8) is 0 Å². The zero-order chi connectivity index (χ0) is 32.1. The number of amides is 1. The minimum absolute atomic E-state index is 0.0545. The Morgan fingerprint density at radius 3 is 2.49 bits per heavy atom. The summed E-state index contributed by atoms with van der Waals surface area (Å²) in [6, 6.07) is 8.77. The summed E-state index contributed by atoms with van der Waals surface area (Å²) < 4.78 is 24.9. The number of hydrogen-bond acceptors (Lipinski definition) is 8. The van der Waals surface area contributed by atoms with Gasteiger partial charge >= 0.3 is 7.12 Å². The molecule has 3 fully saturated rings. The smallest absolute Gasteiger partial charge is 0.399 e. The first-order chi connectivity index (χ1) is 21.3. The predicted octanol–water partition coefficient (Wildman–Crippen LogP) is 5.96. The fourth-order valence-corrected chi connectivity index (χ4v) is 6.95. The highest BCUT2D eigenvalue weighted by molar-refractivity contribution is 6.62. The molecule has 1 saturated carbocycles. The molecule has 10 heteroatoms. The fraction of sp³-hybridized carbons (Fsp3) is 0.657. The van der Waals surface area contributed by atoms with Crippen LogP contribution in [-0.2, 0) is 30.1 Å². The molecule has 45 heavy (non-hydrogen) atoms. The Hall–Kier alpha value is -2.66. The number of carbonyl (C=O) groups excluding carboxylic acids is 1. The maximum Gasteiger partial charge on any atom is 0.496 e. The molecule has 0 spiro atoms. The van der Waals surface area contributed by atoms with E-state index in [9.17, 15) is 4.79 Å². The molecule has 1 amide bonds. The van der Waals surface area contributed by atoms with Crippen LogP contribution >= 0.6 is 0 Å². The number of morpholine rings is 1. The van der Waals surface area contributed by atoms with Crippen LogP contribution in [0.15, 0.2) is 30.5 Å². The number of benzene rings is 1. The van der Waals surface area contributed by atoms with Gasteiger partial charge < -0.3 is 33.9 Å². The van der Waals surface area contributed by atoms with E-state index in [0.717, 1.165) is 72.6 Å². The number of pyridine rings is 1. The van der Waals surface area contributed by atoms with E-state index in [1.54, 1.807) is 0 Å². The monoisotopic (exact) mass is 618 g/mol. The van der Waals surface area contributed by atoms with Gasteiger partial charge in [0.05, 0.1) is 54.0 Å². The number of ether oxygens (including phenoxy) is 2. The molecule has 0 unspecified atom stereocenters. The Bertz CT molecular complexity index is 1380. The maximum atomic E-state index is 14.5. The van der Waals surface area contributed by atoms with E-state index in [0.29, 0.717) is 13.2 Å². The highest BCUT2D eigenvalue weighted by Gasteiger charge is 2.52. The van der Waals surface area contributed by atoms with Gasteiger partial charge in [-0.25, -0.2) is 4.98 Å². The van der Waals surface area contributed by atoms with Crippen molar-refractivity contribution < 1.29 is 23.6 Å². The summed E-state index contributed by atoms with van der Waals surface area (Å²) in [6.45, 7) is 18.7. The number of hydrogen-bond donors (Lipinski definition) is 1. The third kappa shape index (κ3) is 6.48. The predicted molar refractivity (Wildman–Crippen MR) is 180 cm³/mol. The quantitative estimate of drug-likeness (QED) is 0.398. The SMILES string of the molecule is CC[C@H]1CN(c2ccc3c(c2)N(C(=O)[C@H]2CC[C@H](OC(C)C)CC2)Cc2cc(B4OC(C)(C)C(C)(C)O4)cnc2N3)[C@@H](C)CO1. The van der Waals surface area contributed by atoms with Gasteiger partial charge in [0.15, 0.2) is 0 Å². The van der Waals surface area contributed by atoms with E-state index in [-0.39, 0.29) is 36.2 Å². The third-order valence-corrected chi connectivity index (χ3v) is 10.4. The molecule has 4 aliphatic rings. The van der Waals surface area contributed by atoms with Crippen molar-refractivity contribution in [2.45, 2.75) is 130 Å². The first kappa shape index (κ1) is 32.3. The number of nitrogens with one attached hydrogen (secondary N) is 1. The number of anilines is 4. The molecule has 0 radical (unpaired) electrons. The normalized spacial score (nSPS) is 27.5. The molecule has 2 aromatic rings. The summed E-state index contributed by atoms with van der Waals surface area (Å²) >= 11 is 0. The Morgan fingerprint density at radius 2 is 1.82 bits per heavy atom. The van der Waals surface area contributed by atoms with Crippen LogP contribution in [0.1, 0.15) is 93.1 Å². The fourth-order valence-electron chi connectivity index (χ4n) is 6.95. The number of fused-ring (bicyclic) bond motifs is 2. The van der Waals surface area contributed by atoms with Crippen LogP contribution in [0.3, 0.4) is 0 Å². The molecule has 1 aromatic heterocycles. The van der Waals surface area contributed by atoms with Gasteiger partial charge in [0.25, 0.3) is 0 Å². The molecule has 4 heterocycles. The molecule has 2 atom stereocenters. The van der Waals surface area contributed by atoms with Gasteiger partial charge in [0, 0.05) is 41.4 Å². The van der Waals surface area contributed by atoms with Crippen LogP contribution in [-0.4, -0.2) is 66.7 Å². The zero-order valence-electron chi connectivity index (χ0n) is 28.4. The summed E-state index contributed by atoms with van der Waals surface area (Å²) in [4.78, 5) is 23.8. The summed E-state index contributed by atoms with van der Waals surface area (Å²) in [6.07, 6.45) is 6.87. The van der Waals surface area contributed by atoms with Crippen molar-refractivity contribution in [1.29, 1.82) is 0 Å². The summed E-state index contributed by atoms with van der Waals surface area (Å²) in [5, 5.41) is 3.58. The van der Waals surface area contributed by atoms with Gasteiger partial charge in [0.2, 0.25) is 5.91 Å². The molecule has 244 valence electrons. The second-order valence-electron chi connectivity index (χ2n) is 14.6. The lowest BCUT2D eigenvalue weighted by Crippen LogP contribution is -2.48. The Balaban J connectivity index is 1.33. The van der Waals surface area contributed by atoms with Gasteiger partial charge in [-0.05, 0) is 98.8 Å². The average molecular weight is 619 g/mol. The Morgan fingerprint density at radius 1 is 1.11 bits per heavy atom. The maximum absolute atomic E-state index is 14.5. The first-order valence-electron chi connectivity index (χ1n) is 17.0. The Kier molecular flexibility index (Phi) is 8.98. The second kappa shape index (κ2) is 12.5. The molecular formula is C35H51BN4O5. The highest BCUT2D eigenvalue weighted by Crippen LogP contribution is 2.41.